The van der Waals surface area contributed by atoms with Gasteiger partial charge in [0.05, 0.1) is 4.91 Å². The predicted molar refractivity (Wildman–Crippen MR) is 114 cm³/mol. The molecule has 1 aliphatic rings. The summed E-state index contributed by atoms with van der Waals surface area (Å²) in [6.45, 7) is 3.04. The van der Waals surface area contributed by atoms with Crippen molar-refractivity contribution in [2.45, 2.75) is 32.8 Å². The first-order chi connectivity index (χ1) is 13.6. The second kappa shape index (κ2) is 9.80. The minimum absolute atomic E-state index is 0.185. The van der Waals surface area contributed by atoms with E-state index in [0.29, 0.717) is 23.1 Å². The second-order valence-corrected chi connectivity index (χ2v) is 7.95. The lowest BCUT2D eigenvalue weighted by atomic mass is 10.2. The molecule has 28 heavy (non-hydrogen) atoms. The van der Waals surface area contributed by atoms with Gasteiger partial charge in [-0.05, 0) is 59.7 Å². The summed E-state index contributed by atoms with van der Waals surface area (Å²) >= 11 is 6.88. The van der Waals surface area contributed by atoms with Gasteiger partial charge in [-0.3, -0.25) is 14.5 Å². The zero-order valence-electron chi connectivity index (χ0n) is 15.7. The predicted octanol–water partition coefficient (Wildman–Crippen LogP) is 6.15. The molecule has 2 amide bonds. The largest absolute Gasteiger partial charge is 0.489 e. The first-order valence-electron chi connectivity index (χ1n) is 9.29. The van der Waals surface area contributed by atoms with Crippen molar-refractivity contribution < 1.29 is 14.3 Å². The van der Waals surface area contributed by atoms with E-state index < -0.39 is 0 Å². The lowest BCUT2D eigenvalue weighted by Crippen LogP contribution is -2.29. The fourth-order valence-corrected chi connectivity index (χ4v) is 3.76. The molecule has 1 heterocycles. The molecule has 1 saturated heterocycles. The summed E-state index contributed by atoms with van der Waals surface area (Å²) in [5.41, 5.74) is 1.89. The number of carbonyl (C=O) groups excluding carboxylic acids is 2. The third-order valence-corrected chi connectivity index (χ3v) is 5.51. The first-order valence-corrected chi connectivity index (χ1v) is 10.5. The van der Waals surface area contributed by atoms with Gasteiger partial charge in [-0.2, -0.15) is 0 Å². The van der Waals surface area contributed by atoms with Gasteiger partial charge in [0.1, 0.15) is 12.4 Å². The minimum Gasteiger partial charge on any atom is -0.489 e. The van der Waals surface area contributed by atoms with Gasteiger partial charge >= 0.3 is 0 Å². The molecule has 0 aliphatic carbocycles. The average Bonchev–Trinajstić information content (AvgIpc) is 2.96. The Morgan fingerprint density at radius 2 is 1.75 bits per heavy atom. The molecule has 0 radical (unpaired) electrons. The fraction of sp³-hybridized carbons (Fsp3) is 0.273. The summed E-state index contributed by atoms with van der Waals surface area (Å²) < 4.78 is 5.77. The third-order valence-electron chi connectivity index (χ3n) is 4.36. The van der Waals surface area contributed by atoms with Crippen LogP contribution in [0.15, 0.2) is 53.4 Å². The number of rotatable bonds is 8. The van der Waals surface area contributed by atoms with E-state index in [1.54, 1.807) is 6.08 Å². The van der Waals surface area contributed by atoms with Crippen molar-refractivity contribution in [3.63, 3.8) is 0 Å². The maximum atomic E-state index is 12.4. The van der Waals surface area contributed by atoms with Gasteiger partial charge in [-0.1, -0.05) is 55.6 Å². The van der Waals surface area contributed by atoms with Crippen molar-refractivity contribution in [3.05, 3.63) is 69.6 Å². The molecule has 0 bridgehead atoms. The molecule has 2 aromatic rings. The number of carbonyl (C=O) groups is 2. The van der Waals surface area contributed by atoms with Gasteiger partial charge < -0.3 is 4.74 Å². The highest BCUT2D eigenvalue weighted by Crippen LogP contribution is 2.32. The van der Waals surface area contributed by atoms with E-state index in [-0.39, 0.29) is 11.1 Å². The average molecular weight is 416 g/mol. The van der Waals surface area contributed by atoms with Crippen LogP contribution in [0, 0.1) is 0 Å². The monoisotopic (exact) mass is 415 g/mol. The van der Waals surface area contributed by atoms with E-state index in [0.717, 1.165) is 47.9 Å². The van der Waals surface area contributed by atoms with Crippen LogP contribution in [0.25, 0.3) is 6.08 Å². The molecule has 0 N–H and O–H groups in total. The fourth-order valence-electron chi connectivity index (χ4n) is 2.77. The zero-order chi connectivity index (χ0) is 19.9. The summed E-state index contributed by atoms with van der Waals surface area (Å²) in [7, 11) is 0. The number of nitrogens with zero attached hydrogens (tertiary/aromatic N) is 1. The van der Waals surface area contributed by atoms with Crippen molar-refractivity contribution >= 4 is 40.6 Å². The summed E-state index contributed by atoms with van der Waals surface area (Å²) in [5, 5.41) is 0.512. The summed E-state index contributed by atoms with van der Waals surface area (Å²) in [5.74, 6) is 0.536. The molecule has 2 aromatic carbocycles. The second-order valence-electron chi connectivity index (χ2n) is 6.52. The highest BCUT2D eigenvalue weighted by molar-refractivity contribution is 8.18. The number of hydrogen-bond donors (Lipinski definition) is 0. The standard InChI is InChI=1S/C22H22ClNO3S/c1-2-3-4-13-24-21(25)20(28-22(24)26)14-16-7-11-19(12-8-16)27-15-17-5-9-18(23)10-6-17/h5-12,14H,2-4,13,15H2,1H3/b20-14-. The SMILES string of the molecule is CCCCCN1C(=O)S/C(=C\c2ccc(OCc3ccc(Cl)cc3)cc2)C1=O. The van der Waals surface area contributed by atoms with Crippen molar-refractivity contribution in [1.29, 1.82) is 0 Å². The molecule has 0 aromatic heterocycles. The number of benzene rings is 2. The minimum atomic E-state index is -0.200. The molecule has 0 spiro atoms. The van der Waals surface area contributed by atoms with Crippen LogP contribution in [-0.2, 0) is 11.4 Å². The zero-order valence-corrected chi connectivity index (χ0v) is 17.3. The number of thioether (sulfide) groups is 1. The van der Waals surface area contributed by atoms with E-state index >= 15 is 0 Å². The quantitative estimate of drug-likeness (QED) is 0.383. The van der Waals surface area contributed by atoms with Crippen molar-refractivity contribution in [2.24, 2.45) is 0 Å². The Morgan fingerprint density at radius 1 is 1.04 bits per heavy atom. The maximum Gasteiger partial charge on any atom is 0.293 e. The van der Waals surface area contributed by atoms with E-state index in [2.05, 4.69) is 6.92 Å². The van der Waals surface area contributed by atoms with Gasteiger partial charge in [0.15, 0.2) is 0 Å². The summed E-state index contributed by atoms with van der Waals surface area (Å²) in [4.78, 5) is 26.3. The lowest BCUT2D eigenvalue weighted by Gasteiger charge is -2.11. The Hall–Kier alpha value is -2.24. The third kappa shape index (κ3) is 5.40. The van der Waals surface area contributed by atoms with E-state index in [4.69, 9.17) is 16.3 Å². The number of ether oxygens (including phenoxy) is 1. The van der Waals surface area contributed by atoms with E-state index in [9.17, 15) is 9.59 Å². The first kappa shape index (κ1) is 20.5. The number of halogens is 1. The van der Waals surface area contributed by atoms with Crippen LogP contribution in [-0.4, -0.2) is 22.6 Å². The van der Waals surface area contributed by atoms with Crippen LogP contribution in [0.2, 0.25) is 5.02 Å². The van der Waals surface area contributed by atoms with Gasteiger partial charge in [-0.15, -0.1) is 0 Å². The molecule has 6 heteroatoms. The van der Waals surface area contributed by atoms with Gasteiger partial charge in [0, 0.05) is 11.6 Å². The number of imide groups is 1. The molecule has 0 atom stereocenters. The number of hydrogen-bond acceptors (Lipinski definition) is 4. The molecular weight excluding hydrogens is 394 g/mol. The Labute approximate surface area is 174 Å². The Bertz CT molecular complexity index is 862. The highest BCUT2D eigenvalue weighted by Gasteiger charge is 2.34. The molecule has 0 unspecified atom stereocenters. The lowest BCUT2D eigenvalue weighted by molar-refractivity contribution is -0.122. The van der Waals surface area contributed by atoms with Crippen LogP contribution in [0.5, 0.6) is 5.75 Å². The number of unbranched alkanes of at least 4 members (excludes halogenated alkanes) is 2. The van der Waals surface area contributed by atoms with E-state index in [1.807, 2.05) is 48.5 Å². The van der Waals surface area contributed by atoms with Crippen LogP contribution >= 0.6 is 23.4 Å². The highest BCUT2D eigenvalue weighted by atomic mass is 35.5. The Morgan fingerprint density at radius 3 is 2.43 bits per heavy atom. The van der Waals surface area contributed by atoms with Crippen molar-refractivity contribution in [3.8, 4) is 5.75 Å². The summed E-state index contributed by atoms with van der Waals surface area (Å²) in [6.07, 6.45) is 4.67. The van der Waals surface area contributed by atoms with Crippen molar-refractivity contribution in [1.82, 2.24) is 4.90 Å². The Kier molecular flexibility index (Phi) is 7.18. The summed E-state index contributed by atoms with van der Waals surface area (Å²) in [6, 6.07) is 15.0. The van der Waals surface area contributed by atoms with E-state index in [1.165, 1.54) is 4.90 Å². The molecular formula is C22H22ClNO3S. The molecule has 1 aliphatic heterocycles. The normalized spacial score (nSPS) is 15.5. The Balaban J connectivity index is 1.59. The topological polar surface area (TPSA) is 46.6 Å². The molecule has 0 saturated carbocycles. The van der Waals surface area contributed by atoms with Crippen LogP contribution in [0.1, 0.15) is 37.3 Å². The molecule has 1 fully saturated rings. The smallest absolute Gasteiger partial charge is 0.293 e. The van der Waals surface area contributed by atoms with Gasteiger partial charge in [0.2, 0.25) is 0 Å². The van der Waals surface area contributed by atoms with Gasteiger partial charge in [-0.25, -0.2) is 0 Å². The van der Waals surface area contributed by atoms with Gasteiger partial charge in [0.25, 0.3) is 11.1 Å². The molecule has 146 valence electrons. The van der Waals surface area contributed by atoms with Crippen LogP contribution < -0.4 is 4.74 Å². The van der Waals surface area contributed by atoms with Crippen LogP contribution in [0.3, 0.4) is 0 Å². The molecule has 4 nitrogen and oxygen atoms in total. The van der Waals surface area contributed by atoms with Crippen LogP contribution in [0.4, 0.5) is 4.79 Å². The molecule has 3 rings (SSSR count). The maximum absolute atomic E-state index is 12.4. The van der Waals surface area contributed by atoms with Crippen molar-refractivity contribution in [2.75, 3.05) is 6.54 Å². The number of amides is 2.